The first-order chi connectivity index (χ1) is 18.5. The summed E-state index contributed by atoms with van der Waals surface area (Å²) in [5.41, 5.74) is 1.94. The highest BCUT2D eigenvalue weighted by Gasteiger charge is 2.33. The van der Waals surface area contributed by atoms with Crippen molar-refractivity contribution in [3.8, 4) is 5.75 Å². The third-order valence-electron chi connectivity index (χ3n) is 6.89. The first-order valence-electron chi connectivity index (χ1n) is 13.3. The number of rotatable bonds is 11. The zero-order valence-corrected chi connectivity index (χ0v) is 24.9. The number of aliphatic hydroxyl groups excluding tert-OH is 1. The number of fused-ring (bicyclic) bond motifs is 1. The summed E-state index contributed by atoms with van der Waals surface area (Å²) in [5, 5.41) is 13.8. The number of carbonyl (C=O) groups is 2. The van der Waals surface area contributed by atoms with Crippen LogP contribution in [0.1, 0.15) is 42.6 Å². The maximum Gasteiger partial charge on any atom is 0.258 e. The molecule has 39 heavy (non-hydrogen) atoms. The number of amides is 2. The molecule has 0 saturated carbocycles. The van der Waals surface area contributed by atoms with E-state index >= 15 is 0 Å². The van der Waals surface area contributed by atoms with Crippen LogP contribution in [0.25, 0.3) is 0 Å². The van der Waals surface area contributed by atoms with E-state index in [1.807, 2.05) is 45.1 Å². The molecule has 2 aromatic rings. The van der Waals surface area contributed by atoms with Gasteiger partial charge in [0.25, 0.3) is 5.91 Å². The molecule has 2 aromatic carbocycles. The predicted molar refractivity (Wildman–Crippen MR) is 157 cm³/mol. The van der Waals surface area contributed by atoms with Crippen molar-refractivity contribution in [1.82, 2.24) is 14.7 Å². The van der Waals surface area contributed by atoms with Gasteiger partial charge in [0.05, 0.1) is 28.3 Å². The molecule has 0 aromatic heterocycles. The minimum atomic E-state index is -0.371. The normalized spacial score (nSPS) is 18.4. The summed E-state index contributed by atoms with van der Waals surface area (Å²) in [6.45, 7) is 6.21. The average molecular weight is 580 g/mol. The molecule has 0 saturated heterocycles. The van der Waals surface area contributed by atoms with Crippen molar-refractivity contribution in [2.45, 2.75) is 45.4 Å². The van der Waals surface area contributed by atoms with Crippen LogP contribution < -0.4 is 10.1 Å². The first-order valence-corrected chi connectivity index (χ1v) is 14.0. The largest absolute Gasteiger partial charge is 0.488 e. The van der Waals surface area contributed by atoms with Gasteiger partial charge in [0.1, 0.15) is 11.9 Å². The molecule has 0 radical (unpaired) electrons. The monoisotopic (exact) mass is 578 g/mol. The molecule has 8 nitrogen and oxygen atoms in total. The number of hydrogen-bond donors (Lipinski definition) is 2. The van der Waals surface area contributed by atoms with E-state index in [2.05, 4.69) is 17.1 Å². The lowest BCUT2D eigenvalue weighted by molar-refractivity contribution is -0.116. The van der Waals surface area contributed by atoms with Gasteiger partial charge < -0.3 is 25.0 Å². The molecular weight excluding hydrogens is 539 g/mol. The maximum absolute atomic E-state index is 13.6. The lowest BCUT2D eigenvalue weighted by Gasteiger charge is -2.38. The topological polar surface area (TPSA) is 85.3 Å². The summed E-state index contributed by atoms with van der Waals surface area (Å²) < 4.78 is 6.47. The number of carbonyl (C=O) groups excluding carboxylic acids is 2. The molecule has 3 atom stereocenters. The van der Waals surface area contributed by atoms with E-state index < -0.39 is 0 Å². The molecule has 0 aliphatic carbocycles. The van der Waals surface area contributed by atoms with E-state index in [9.17, 15) is 14.7 Å². The molecule has 3 rings (SSSR count). The number of nitrogens with one attached hydrogen (secondary N) is 1. The Hall–Kier alpha value is -2.36. The molecule has 0 spiro atoms. The highest BCUT2D eigenvalue weighted by Crippen LogP contribution is 2.31. The molecule has 214 valence electrons. The smallest absolute Gasteiger partial charge is 0.258 e. The Balaban J connectivity index is 1.82. The second-order valence-corrected chi connectivity index (χ2v) is 11.5. The van der Waals surface area contributed by atoms with Crippen LogP contribution in [-0.4, -0.2) is 91.2 Å². The Bertz CT molecular complexity index is 1150. The fourth-order valence-corrected chi connectivity index (χ4v) is 4.94. The summed E-state index contributed by atoms with van der Waals surface area (Å²) >= 11 is 12.3. The summed E-state index contributed by atoms with van der Waals surface area (Å²) in [5.74, 6) is 0.111. The number of ether oxygens (including phenoxy) is 1. The van der Waals surface area contributed by atoms with Gasteiger partial charge in [-0.05, 0) is 76.9 Å². The molecule has 1 aliphatic heterocycles. The third kappa shape index (κ3) is 8.82. The Kier molecular flexibility index (Phi) is 11.4. The van der Waals surface area contributed by atoms with Crippen molar-refractivity contribution in [3.63, 3.8) is 0 Å². The minimum absolute atomic E-state index is 0.0107. The van der Waals surface area contributed by atoms with Crippen molar-refractivity contribution in [3.05, 3.63) is 57.6 Å². The summed E-state index contributed by atoms with van der Waals surface area (Å²) in [7, 11) is 5.94. The first kappa shape index (κ1) is 31.2. The standard InChI is InChI=1S/C29H40Cl2N4O4/c1-19-15-35(20(2)18-36)29(38)23-14-22(32-28(37)7-6-12-33(3)4)9-11-26(23)39-27(19)17-34(5)16-21-8-10-24(30)25(31)13-21/h8-11,13-14,19-20,27,36H,6-7,12,15-18H2,1-5H3,(H,32,37)/t19-,20+,27-/m1/s1. The van der Waals surface area contributed by atoms with Crippen LogP contribution in [0.2, 0.25) is 10.0 Å². The van der Waals surface area contributed by atoms with Gasteiger partial charge in [0, 0.05) is 37.7 Å². The highest BCUT2D eigenvalue weighted by atomic mass is 35.5. The quantitative estimate of drug-likeness (QED) is 0.404. The van der Waals surface area contributed by atoms with E-state index in [0.717, 1.165) is 18.5 Å². The van der Waals surface area contributed by atoms with Gasteiger partial charge in [-0.25, -0.2) is 0 Å². The van der Waals surface area contributed by atoms with Gasteiger partial charge in [-0.3, -0.25) is 14.5 Å². The van der Waals surface area contributed by atoms with Gasteiger partial charge in [0.15, 0.2) is 0 Å². The van der Waals surface area contributed by atoms with Crippen molar-refractivity contribution in [1.29, 1.82) is 0 Å². The fourth-order valence-electron chi connectivity index (χ4n) is 4.62. The molecule has 2 amide bonds. The Morgan fingerprint density at radius 2 is 1.92 bits per heavy atom. The third-order valence-corrected chi connectivity index (χ3v) is 7.62. The molecule has 0 unspecified atom stereocenters. The zero-order valence-electron chi connectivity index (χ0n) is 23.4. The molecule has 2 N–H and O–H groups in total. The highest BCUT2D eigenvalue weighted by molar-refractivity contribution is 6.42. The lowest BCUT2D eigenvalue weighted by atomic mass is 9.99. The van der Waals surface area contributed by atoms with Crippen LogP contribution in [-0.2, 0) is 11.3 Å². The van der Waals surface area contributed by atoms with E-state index in [0.29, 0.717) is 53.1 Å². The van der Waals surface area contributed by atoms with Crippen LogP contribution >= 0.6 is 23.2 Å². The molecular formula is C29H40Cl2N4O4. The zero-order chi connectivity index (χ0) is 28.7. The molecule has 1 heterocycles. The van der Waals surface area contributed by atoms with E-state index in [4.69, 9.17) is 27.9 Å². The predicted octanol–water partition coefficient (Wildman–Crippen LogP) is 4.63. The van der Waals surface area contributed by atoms with Crippen LogP contribution in [0.4, 0.5) is 5.69 Å². The number of hydrogen-bond acceptors (Lipinski definition) is 6. The Morgan fingerprint density at radius 3 is 2.59 bits per heavy atom. The second-order valence-electron chi connectivity index (χ2n) is 10.7. The number of likely N-dealkylation sites (N-methyl/N-ethyl adjacent to an activating group) is 1. The van der Waals surface area contributed by atoms with Crippen LogP contribution in [0.3, 0.4) is 0 Å². The van der Waals surface area contributed by atoms with Crippen molar-refractivity contribution >= 4 is 40.7 Å². The van der Waals surface area contributed by atoms with Gasteiger partial charge in [-0.1, -0.05) is 36.2 Å². The van der Waals surface area contributed by atoms with Gasteiger partial charge in [0.2, 0.25) is 5.91 Å². The van der Waals surface area contributed by atoms with E-state index in [-0.39, 0.29) is 36.5 Å². The number of anilines is 1. The summed E-state index contributed by atoms with van der Waals surface area (Å²) in [6.07, 6.45) is 0.894. The van der Waals surface area contributed by atoms with Gasteiger partial charge in [-0.15, -0.1) is 0 Å². The number of halogens is 2. The van der Waals surface area contributed by atoms with Gasteiger partial charge in [-0.2, -0.15) is 0 Å². The minimum Gasteiger partial charge on any atom is -0.488 e. The fraction of sp³-hybridized carbons (Fsp3) is 0.517. The Morgan fingerprint density at radius 1 is 1.18 bits per heavy atom. The number of nitrogens with zero attached hydrogens (tertiary/aromatic N) is 3. The SMILES string of the molecule is C[C@@H]1CN([C@@H](C)CO)C(=O)c2cc(NC(=O)CCCN(C)C)ccc2O[C@@H]1CN(C)Cc1ccc(Cl)c(Cl)c1. The van der Waals surface area contributed by atoms with Crippen molar-refractivity contribution < 1.29 is 19.4 Å². The molecule has 0 fully saturated rings. The second kappa shape index (κ2) is 14.3. The molecule has 10 heteroatoms. The summed E-state index contributed by atoms with van der Waals surface area (Å²) in [6, 6.07) is 10.4. The van der Waals surface area contributed by atoms with Crippen molar-refractivity contribution in [2.75, 3.05) is 52.7 Å². The van der Waals surface area contributed by atoms with E-state index in [1.54, 1.807) is 29.2 Å². The number of benzene rings is 2. The van der Waals surface area contributed by atoms with E-state index in [1.165, 1.54) is 0 Å². The lowest BCUT2D eigenvalue weighted by Crippen LogP contribution is -2.49. The average Bonchev–Trinajstić information content (AvgIpc) is 2.88. The Labute approximate surface area is 241 Å². The van der Waals surface area contributed by atoms with Crippen LogP contribution in [0.5, 0.6) is 5.75 Å². The summed E-state index contributed by atoms with van der Waals surface area (Å²) in [4.78, 5) is 32.0. The van der Waals surface area contributed by atoms with Gasteiger partial charge >= 0.3 is 0 Å². The molecule has 0 bridgehead atoms. The molecule has 1 aliphatic rings. The van der Waals surface area contributed by atoms with Crippen LogP contribution in [0, 0.1) is 5.92 Å². The number of aliphatic hydroxyl groups is 1. The van der Waals surface area contributed by atoms with Crippen molar-refractivity contribution in [2.24, 2.45) is 5.92 Å². The van der Waals surface area contributed by atoms with Crippen LogP contribution in [0.15, 0.2) is 36.4 Å². The maximum atomic E-state index is 13.6.